The Balaban J connectivity index is 1.90. The highest BCUT2D eigenvalue weighted by molar-refractivity contribution is 7.99. The van der Waals surface area contributed by atoms with Gasteiger partial charge in [-0.2, -0.15) is 0 Å². The molecule has 6 nitrogen and oxygen atoms in total. The molecule has 7 heteroatoms. The van der Waals surface area contributed by atoms with E-state index in [2.05, 4.69) is 10.5 Å². The molecule has 1 unspecified atom stereocenters. The quantitative estimate of drug-likeness (QED) is 0.774. The molecule has 0 saturated heterocycles. The van der Waals surface area contributed by atoms with Crippen molar-refractivity contribution in [3.8, 4) is 11.5 Å². The van der Waals surface area contributed by atoms with E-state index in [0.29, 0.717) is 23.0 Å². The number of hydrogen-bond acceptors (Lipinski definition) is 6. The van der Waals surface area contributed by atoms with Crippen LogP contribution >= 0.6 is 11.8 Å². The van der Waals surface area contributed by atoms with E-state index in [1.807, 2.05) is 39.0 Å². The summed E-state index contributed by atoms with van der Waals surface area (Å²) in [6.45, 7) is 5.72. The number of thioether (sulfide) groups is 1. The van der Waals surface area contributed by atoms with E-state index in [9.17, 15) is 4.79 Å². The monoisotopic (exact) mass is 364 g/mol. The van der Waals surface area contributed by atoms with Crippen molar-refractivity contribution < 1.29 is 18.8 Å². The fourth-order valence-electron chi connectivity index (χ4n) is 2.49. The highest BCUT2D eigenvalue weighted by atomic mass is 32.2. The van der Waals surface area contributed by atoms with Gasteiger partial charge in [-0.3, -0.25) is 4.79 Å². The number of nitrogens with one attached hydrogen (secondary N) is 1. The Kier molecular flexibility index (Phi) is 6.75. The Morgan fingerprint density at radius 3 is 2.68 bits per heavy atom. The van der Waals surface area contributed by atoms with Crippen molar-refractivity contribution >= 4 is 17.7 Å². The second-order valence-corrected chi connectivity index (χ2v) is 6.68. The fourth-order valence-corrected chi connectivity index (χ4v) is 3.48. The van der Waals surface area contributed by atoms with Gasteiger partial charge in [-0.15, -0.1) is 11.8 Å². The Bertz CT molecular complexity index is 710. The summed E-state index contributed by atoms with van der Waals surface area (Å²) >= 11 is 1.54. The van der Waals surface area contributed by atoms with Crippen LogP contribution in [0.3, 0.4) is 0 Å². The predicted molar refractivity (Wildman–Crippen MR) is 98.2 cm³/mol. The van der Waals surface area contributed by atoms with E-state index < -0.39 is 0 Å². The number of benzene rings is 1. The number of carbonyl (C=O) groups excluding carboxylic acids is 1. The van der Waals surface area contributed by atoms with Gasteiger partial charge in [-0.25, -0.2) is 0 Å². The molecular weight excluding hydrogens is 340 g/mol. The summed E-state index contributed by atoms with van der Waals surface area (Å²) in [5.74, 6) is 3.26. The van der Waals surface area contributed by atoms with Gasteiger partial charge < -0.3 is 19.3 Å². The number of aryl methyl sites for hydroxylation is 2. The smallest absolute Gasteiger partial charge is 0.230 e. The average molecular weight is 364 g/mol. The van der Waals surface area contributed by atoms with Gasteiger partial charge in [0.1, 0.15) is 17.3 Å². The van der Waals surface area contributed by atoms with E-state index in [4.69, 9.17) is 14.0 Å². The maximum Gasteiger partial charge on any atom is 0.230 e. The molecule has 1 aromatic carbocycles. The molecule has 25 heavy (non-hydrogen) atoms. The van der Waals surface area contributed by atoms with Crippen LogP contribution in [-0.2, 0) is 10.5 Å². The largest absolute Gasteiger partial charge is 0.497 e. The van der Waals surface area contributed by atoms with E-state index in [1.165, 1.54) is 11.8 Å². The van der Waals surface area contributed by atoms with Crippen LogP contribution in [0, 0.1) is 13.8 Å². The van der Waals surface area contributed by atoms with E-state index >= 15 is 0 Å². The van der Waals surface area contributed by atoms with Gasteiger partial charge in [0.05, 0.1) is 31.7 Å². The lowest BCUT2D eigenvalue weighted by Gasteiger charge is -2.18. The molecule has 1 N–H and O–H groups in total. The van der Waals surface area contributed by atoms with Crippen molar-refractivity contribution in [2.75, 3.05) is 20.0 Å². The van der Waals surface area contributed by atoms with Crippen LogP contribution in [-0.4, -0.2) is 31.0 Å². The second-order valence-electron chi connectivity index (χ2n) is 5.69. The second kappa shape index (κ2) is 8.80. The third-order valence-corrected chi connectivity index (χ3v) is 4.90. The summed E-state index contributed by atoms with van der Waals surface area (Å²) in [4.78, 5) is 12.2. The van der Waals surface area contributed by atoms with Crippen molar-refractivity contribution in [2.24, 2.45) is 0 Å². The minimum atomic E-state index is -0.159. The summed E-state index contributed by atoms with van der Waals surface area (Å²) in [7, 11) is 3.21. The molecule has 0 saturated carbocycles. The van der Waals surface area contributed by atoms with Crippen LogP contribution in [0.5, 0.6) is 11.5 Å². The zero-order chi connectivity index (χ0) is 18.4. The van der Waals surface area contributed by atoms with Gasteiger partial charge in [-0.1, -0.05) is 5.16 Å². The summed E-state index contributed by atoms with van der Waals surface area (Å²) in [5.41, 5.74) is 2.84. The Labute approximate surface area is 152 Å². The zero-order valence-electron chi connectivity index (χ0n) is 15.2. The van der Waals surface area contributed by atoms with Crippen molar-refractivity contribution in [3.63, 3.8) is 0 Å². The molecule has 0 aliphatic heterocycles. The predicted octanol–water partition coefficient (Wildman–Crippen LogP) is 3.42. The zero-order valence-corrected chi connectivity index (χ0v) is 16.0. The standard InChI is InChI=1S/C18H24N2O4S/c1-11(15-7-6-14(22-4)8-17(15)23-5)19-18(21)10-25-9-16-12(2)20-24-13(16)3/h6-8,11H,9-10H2,1-5H3,(H,19,21). The molecule has 0 radical (unpaired) electrons. The maximum atomic E-state index is 12.2. The minimum Gasteiger partial charge on any atom is -0.497 e. The summed E-state index contributed by atoms with van der Waals surface area (Å²) in [6.07, 6.45) is 0. The van der Waals surface area contributed by atoms with Gasteiger partial charge in [0.25, 0.3) is 0 Å². The van der Waals surface area contributed by atoms with Crippen LogP contribution < -0.4 is 14.8 Å². The molecule has 136 valence electrons. The SMILES string of the molecule is COc1ccc(C(C)NC(=O)CSCc2c(C)noc2C)c(OC)c1. The number of rotatable bonds is 8. The van der Waals surface area contributed by atoms with Gasteiger partial charge >= 0.3 is 0 Å². The number of nitrogens with zero attached hydrogens (tertiary/aromatic N) is 1. The van der Waals surface area contributed by atoms with Gasteiger partial charge in [0, 0.05) is 22.9 Å². The lowest BCUT2D eigenvalue weighted by atomic mass is 10.1. The first-order valence-electron chi connectivity index (χ1n) is 7.97. The third-order valence-electron chi connectivity index (χ3n) is 3.95. The molecule has 1 heterocycles. The highest BCUT2D eigenvalue weighted by Gasteiger charge is 2.16. The summed E-state index contributed by atoms with van der Waals surface area (Å²) < 4.78 is 15.7. The normalized spacial score (nSPS) is 11.9. The summed E-state index contributed by atoms with van der Waals surface area (Å²) in [5, 5.41) is 6.92. The molecule has 1 atom stereocenters. The Morgan fingerprint density at radius 2 is 2.08 bits per heavy atom. The minimum absolute atomic E-state index is 0.0258. The summed E-state index contributed by atoms with van der Waals surface area (Å²) in [6, 6.07) is 5.41. The van der Waals surface area contributed by atoms with Crippen LogP contribution in [0.2, 0.25) is 0 Å². The Hall–Kier alpha value is -2.15. The van der Waals surface area contributed by atoms with Gasteiger partial charge in [0.15, 0.2) is 0 Å². The van der Waals surface area contributed by atoms with Crippen molar-refractivity contribution in [1.82, 2.24) is 10.5 Å². The van der Waals surface area contributed by atoms with Crippen molar-refractivity contribution in [2.45, 2.75) is 32.6 Å². The lowest BCUT2D eigenvalue weighted by molar-refractivity contribution is -0.119. The highest BCUT2D eigenvalue weighted by Crippen LogP contribution is 2.29. The van der Waals surface area contributed by atoms with Gasteiger partial charge in [-0.05, 0) is 32.9 Å². The number of aromatic nitrogens is 1. The lowest BCUT2D eigenvalue weighted by Crippen LogP contribution is -2.28. The number of methoxy groups -OCH3 is 2. The van der Waals surface area contributed by atoms with Crippen LogP contribution in [0.1, 0.15) is 35.5 Å². The molecule has 0 fully saturated rings. The van der Waals surface area contributed by atoms with E-state index in [0.717, 1.165) is 22.6 Å². The first kappa shape index (κ1) is 19.2. The number of ether oxygens (including phenoxy) is 2. The molecular formula is C18H24N2O4S. The molecule has 1 amide bonds. The number of hydrogen-bond donors (Lipinski definition) is 1. The molecule has 0 aliphatic carbocycles. The van der Waals surface area contributed by atoms with Crippen LogP contribution in [0.25, 0.3) is 0 Å². The third kappa shape index (κ3) is 4.92. The fraction of sp³-hybridized carbons (Fsp3) is 0.444. The Morgan fingerprint density at radius 1 is 1.32 bits per heavy atom. The van der Waals surface area contributed by atoms with Crippen LogP contribution in [0.4, 0.5) is 0 Å². The number of amides is 1. The van der Waals surface area contributed by atoms with E-state index in [1.54, 1.807) is 14.2 Å². The topological polar surface area (TPSA) is 73.6 Å². The first-order chi connectivity index (χ1) is 12.0. The maximum absolute atomic E-state index is 12.2. The van der Waals surface area contributed by atoms with Crippen molar-refractivity contribution in [3.05, 3.63) is 40.8 Å². The molecule has 1 aromatic heterocycles. The van der Waals surface area contributed by atoms with E-state index in [-0.39, 0.29) is 11.9 Å². The molecule has 0 aliphatic rings. The molecule has 2 rings (SSSR count). The molecule has 0 spiro atoms. The van der Waals surface area contributed by atoms with Crippen molar-refractivity contribution in [1.29, 1.82) is 0 Å². The average Bonchev–Trinajstić information content (AvgIpc) is 2.92. The molecule has 0 bridgehead atoms. The van der Waals surface area contributed by atoms with Gasteiger partial charge in [0.2, 0.25) is 5.91 Å². The van der Waals surface area contributed by atoms with Crippen LogP contribution in [0.15, 0.2) is 22.7 Å². The first-order valence-corrected chi connectivity index (χ1v) is 9.12. The molecule has 2 aromatic rings. The number of carbonyl (C=O) groups is 1.